The normalized spacial score (nSPS) is 12.9. The van der Waals surface area contributed by atoms with E-state index in [-0.39, 0.29) is 5.41 Å². The minimum atomic E-state index is -0.0964. The molecule has 1 spiro atoms. The molecule has 0 amide bonds. The Morgan fingerprint density at radius 2 is 0.483 bits per heavy atom. The van der Waals surface area contributed by atoms with Crippen LogP contribution in [0.25, 0.3) is 54.9 Å². The average Bonchev–Trinajstić information content (AvgIpc) is 1.79. The van der Waals surface area contributed by atoms with E-state index in [2.05, 4.69) is 359 Å². The number of rotatable bonds is 14. The van der Waals surface area contributed by atoms with Crippen LogP contribution < -0.4 is 19.6 Å². The first-order chi connectivity index (χ1) is 44.1. The molecule has 16 rings (SSSR count). The zero-order valence-electron chi connectivity index (χ0n) is 49.4. The molecule has 89 heavy (non-hydrogen) atoms. The highest BCUT2D eigenvalue weighted by molar-refractivity contribution is 6.01. The lowest BCUT2D eigenvalue weighted by atomic mass is 9.76. The molecule has 424 valence electrons. The van der Waals surface area contributed by atoms with Crippen LogP contribution in [0.3, 0.4) is 0 Å². The van der Waals surface area contributed by atoms with Gasteiger partial charge in [0, 0.05) is 73.1 Å². The minimum Gasteiger partial charge on any atom is -0.310 e. The first-order valence-electron chi connectivity index (χ1n) is 31.2. The molecule has 1 saturated carbocycles. The van der Waals surface area contributed by atoms with Gasteiger partial charge in [-0.1, -0.05) is 219 Å². The summed E-state index contributed by atoms with van der Waals surface area (Å²) in [5, 5.41) is 4.88. The Morgan fingerprint density at radius 1 is 0.213 bits per heavy atom. The van der Waals surface area contributed by atoms with Crippen LogP contribution >= 0.6 is 0 Å². The Bertz CT molecular complexity index is 4500. The fourth-order valence-corrected chi connectivity index (χ4v) is 14.3. The molecule has 0 bridgehead atoms. The summed E-state index contributed by atoms with van der Waals surface area (Å²) in [6, 6.07) is 124. The molecule has 0 heterocycles. The highest BCUT2D eigenvalue weighted by Crippen LogP contribution is 2.59. The first kappa shape index (κ1) is 53.3. The molecule has 4 heteroatoms. The van der Waals surface area contributed by atoms with Gasteiger partial charge in [-0.15, -0.1) is 0 Å². The zero-order chi connectivity index (χ0) is 59.1. The van der Waals surface area contributed by atoms with Gasteiger partial charge in [-0.05, 0) is 202 Å². The SMILES string of the molecule is c1ccc(N(c2ccc(-c3ccc(N(c4ccccc4)c4cccc5ccccc45)cc3)cc2)c2ccc3c(c2)C2(CCCC2)c2cc(N(c4ccccc4)c4ccc(-c5ccc(N(c6ccccc6)c6cccc7ccccc67)cc5)cc4)ccc2-3)cc1. The standard InChI is InChI=1S/C85H64N4/c1-5-25-67(26-6-1)86(71-45-37-61(38-46-71)63-41-49-73(50-42-63)88(69-29-9-3-10-30-69)83-35-19-23-65-21-13-15-33-77(65)83)75-53-55-79-80-56-54-76(60-82(80)85(81(79)59-75)57-17-18-58-85)87(68-27-7-2-8-28-68)72-47-39-62(40-48-72)64-43-51-74(52-44-64)89(70-31-11-4-12-32-70)84-36-20-24-66-22-14-16-34-78(66)84/h1-16,19-56,59-60H,17-18,57-58H2. The van der Waals surface area contributed by atoms with E-state index < -0.39 is 0 Å². The third kappa shape index (κ3) is 9.76. The van der Waals surface area contributed by atoms with Crippen LogP contribution in [0.1, 0.15) is 36.8 Å². The maximum absolute atomic E-state index is 2.53. The molecule has 0 aliphatic heterocycles. The van der Waals surface area contributed by atoms with E-state index in [0.717, 1.165) is 69.7 Å². The van der Waals surface area contributed by atoms with Crippen molar-refractivity contribution in [1.29, 1.82) is 0 Å². The monoisotopic (exact) mass is 1140 g/mol. The topological polar surface area (TPSA) is 13.0 Å². The van der Waals surface area contributed by atoms with Crippen LogP contribution in [-0.4, -0.2) is 0 Å². The van der Waals surface area contributed by atoms with Crippen molar-refractivity contribution < 1.29 is 0 Å². The van der Waals surface area contributed by atoms with Crippen molar-refractivity contribution in [2.45, 2.75) is 31.1 Å². The maximum atomic E-state index is 2.53. The van der Waals surface area contributed by atoms with Gasteiger partial charge in [-0.2, -0.15) is 0 Å². The number of nitrogens with zero attached hydrogens (tertiary/aromatic N) is 4. The number of hydrogen-bond donors (Lipinski definition) is 0. The van der Waals surface area contributed by atoms with Crippen LogP contribution in [0.4, 0.5) is 68.2 Å². The molecule has 0 aromatic heterocycles. The first-order valence-corrected chi connectivity index (χ1v) is 31.2. The van der Waals surface area contributed by atoms with E-state index in [9.17, 15) is 0 Å². The minimum absolute atomic E-state index is 0.0964. The Balaban J connectivity index is 0.701. The number of benzene rings is 14. The molecule has 4 nitrogen and oxygen atoms in total. The van der Waals surface area contributed by atoms with Crippen molar-refractivity contribution in [3.05, 3.63) is 351 Å². The fourth-order valence-electron chi connectivity index (χ4n) is 14.3. The molecule has 0 N–H and O–H groups in total. The molecule has 0 radical (unpaired) electrons. The highest BCUT2D eigenvalue weighted by atomic mass is 15.2. The number of para-hydroxylation sites is 4. The number of hydrogen-bond acceptors (Lipinski definition) is 4. The molecule has 0 atom stereocenters. The number of anilines is 12. The molecule has 2 aliphatic carbocycles. The smallest absolute Gasteiger partial charge is 0.0540 e. The van der Waals surface area contributed by atoms with Gasteiger partial charge in [0.2, 0.25) is 0 Å². The van der Waals surface area contributed by atoms with Crippen LogP contribution in [0.5, 0.6) is 0 Å². The van der Waals surface area contributed by atoms with Crippen molar-refractivity contribution in [2.75, 3.05) is 19.6 Å². The van der Waals surface area contributed by atoms with Crippen LogP contribution in [0.15, 0.2) is 340 Å². The van der Waals surface area contributed by atoms with E-state index in [1.165, 1.54) is 90.3 Å². The molecule has 0 saturated heterocycles. The second-order valence-corrected chi connectivity index (χ2v) is 23.6. The quantitative estimate of drug-likeness (QED) is 0.108. The predicted octanol–water partition coefficient (Wildman–Crippen LogP) is 24.0. The van der Waals surface area contributed by atoms with Gasteiger partial charge in [0.05, 0.1) is 11.4 Å². The summed E-state index contributed by atoms with van der Waals surface area (Å²) >= 11 is 0. The van der Waals surface area contributed by atoms with E-state index in [1.54, 1.807) is 0 Å². The third-order valence-electron chi connectivity index (χ3n) is 18.5. The van der Waals surface area contributed by atoms with Crippen molar-refractivity contribution in [3.8, 4) is 33.4 Å². The summed E-state index contributed by atoms with van der Waals surface area (Å²) < 4.78 is 0. The lowest BCUT2D eigenvalue weighted by Crippen LogP contribution is -2.21. The van der Waals surface area contributed by atoms with Gasteiger partial charge in [-0.3, -0.25) is 0 Å². The molecule has 1 fully saturated rings. The molecule has 14 aromatic carbocycles. The summed E-state index contributed by atoms with van der Waals surface area (Å²) in [5.74, 6) is 0. The van der Waals surface area contributed by atoms with Gasteiger partial charge in [-0.25, -0.2) is 0 Å². The second-order valence-electron chi connectivity index (χ2n) is 23.6. The molecular formula is C85H64N4. The van der Waals surface area contributed by atoms with Crippen LogP contribution in [0, 0.1) is 0 Å². The molecule has 14 aromatic rings. The average molecular weight is 1140 g/mol. The lowest BCUT2D eigenvalue weighted by molar-refractivity contribution is 0.550. The second kappa shape index (κ2) is 22.9. The largest absolute Gasteiger partial charge is 0.310 e. The molecule has 0 unspecified atom stereocenters. The van der Waals surface area contributed by atoms with Gasteiger partial charge in [0.15, 0.2) is 0 Å². The lowest BCUT2D eigenvalue weighted by Gasteiger charge is -2.31. The summed E-state index contributed by atoms with van der Waals surface area (Å²) in [6.07, 6.45) is 4.63. The Morgan fingerprint density at radius 3 is 0.831 bits per heavy atom. The Labute approximate surface area is 521 Å². The van der Waals surface area contributed by atoms with Gasteiger partial charge in [0.25, 0.3) is 0 Å². The zero-order valence-corrected chi connectivity index (χ0v) is 49.4. The van der Waals surface area contributed by atoms with Crippen molar-refractivity contribution in [2.24, 2.45) is 0 Å². The van der Waals surface area contributed by atoms with E-state index >= 15 is 0 Å². The number of fused-ring (bicyclic) bond motifs is 7. The van der Waals surface area contributed by atoms with Gasteiger partial charge in [0.1, 0.15) is 0 Å². The predicted molar refractivity (Wildman–Crippen MR) is 376 cm³/mol. The van der Waals surface area contributed by atoms with E-state index in [4.69, 9.17) is 0 Å². The van der Waals surface area contributed by atoms with E-state index in [1.807, 2.05) is 0 Å². The summed E-state index contributed by atoms with van der Waals surface area (Å²) in [4.78, 5) is 9.61. The summed E-state index contributed by atoms with van der Waals surface area (Å²) in [7, 11) is 0. The molecular weight excluding hydrogens is 1080 g/mol. The third-order valence-corrected chi connectivity index (χ3v) is 18.5. The summed E-state index contributed by atoms with van der Waals surface area (Å²) in [5.41, 5.74) is 23.8. The van der Waals surface area contributed by atoms with Crippen LogP contribution in [-0.2, 0) is 5.41 Å². The van der Waals surface area contributed by atoms with Gasteiger partial charge < -0.3 is 19.6 Å². The van der Waals surface area contributed by atoms with Crippen LogP contribution in [0.2, 0.25) is 0 Å². The molecule has 2 aliphatic rings. The van der Waals surface area contributed by atoms with Crippen molar-refractivity contribution in [1.82, 2.24) is 0 Å². The van der Waals surface area contributed by atoms with Crippen molar-refractivity contribution in [3.63, 3.8) is 0 Å². The summed E-state index contributed by atoms with van der Waals surface area (Å²) in [6.45, 7) is 0. The highest BCUT2D eigenvalue weighted by Gasteiger charge is 2.46. The maximum Gasteiger partial charge on any atom is 0.0540 e. The van der Waals surface area contributed by atoms with E-state index in [0.29, 0.717) is 0 Å². The Kier molecular flexibility index (Phi) is 13.7. The fraction of sp³-hybridized carbons (Fsp3) is 0.0588. The van der Waals surface area contributed by atoms with Gasteiger partial charge >= 0.3 is 0 Å². The Hall–Kier alpha value is -11.2. The van der Waals surface area contributed by atoms with Crippen molar-refractivity contribution >= 4 is 89.8 Å².